The summed E-state index contributed by atoms with van der Waals surface area (Å²) in [4.78, 5) is 0. The summed E-state index contributed by atoms with van der Waals surface area (Å²) < 4.78 is 1.86. The Morgan fingerprint density at radius 2 is 2.07 bits per heavy atom. The molecule has 0 aromatic heterocycles. The summed E-state index contributed by atoms with van der Waals surface area (Å²) in [5.74, 6) is 0.357. The minimum atomic E-state index is 0.279. The van der Waals surface area contributed by atoms with E-state index in [9.17, 15) is 5.11 Å². The second kappa shape index (κ2) is 4.85. The molecular formula is C11H13Br2NO. The van der Waals surface area contributed by atoms with Gasteiger partial charge in [-0.25, -0.2) is 0 Å². The molecule has 2 rings (SSSR count). The lowest BCUT2D eigenvalue weighted by Crippen LogP contribution is -2.27. The zero-order chi connectivity index (χ0) is 10.8. The molecule has 4 heteroatoms. The predicted molar refractivity (Wildman–Crippen MR) is 68.1 cm³/mol. The van der Waals surface area contributed by atoms with Crippen LogP contribution in [0.3, 0.4) is 0 Å². The van der Waals surface area contributed by atoms with Crippen molar-refractivity contribution in [3.63, 3.8) is 0 Å². The highest BCUT2D eigenvalue weighted by molar-refractivity contribution is 9.11. The summed E-state index contributed by atoms with van der Waals surface area (Å²) in [7, 11) is 0. The fourth-order valence-electron chi connectivity index (χ4n) is 2.01. The van der Waals surface area contributed by atoms with Crippen molar-refractivity contribution >= 4 is 31.9 Å². The molecule has 1 aliphatic rings. The van der Waals surface area contributed by atoms with Crippen LogP contribution in [0.5, 0.6) is 5.75 Å². The molecule has 0 amide bonds. The Morgan fingerprint density at radius 1 is 1.27 bits per heavy atom. The predicted octanol–water partition coefficient (Wildman–Crippen LogP) is 3.73. The number of benzene rings is 1. The number of hydrogen-bond donors (Lipinski definition) is 2. The number of halogens is 2. The van der Waals surface area contributed by atoms with E-state index in [1.165, 1.54) is 12.8 Å². The van der Waals surface area contributed by atoms with Crippen LogP contribution in [-0.2, 0) is 0 Å². The van der Waals surface area contributed by atoms with E-state index in [0.717, 1.165) is 27.5 Å². The van der Waals surface area contributed by atoms with Gasteiger partial charge in [0.25, 0.3) is 0 Å². The Bertz CT molecular complexity index is 339. The van der Waals surface area contributed by atoms with Gasteiger partial charge in [-0.15, -0.1) is 0 Å². The van der Waals surface area contributed by atoms with Gasteiger partial charge < -0.3 is 10.4 Å². The molecule has 1 fully saturated rings. The van der Waals surface area contributed by atoms with Crippen LogP contribution in [0.2, 0.25) is 0 Å². The topological polar surface area (TPSA) is 32.3 Å². The molecule has 1 atom stereocenters. The molecule has 0 aliphatic carbocycles. The van der Waals surface area contributed by atoms with E-state index >= 15 is 0 Å². The van der Waals surface area contributed by atoms with Gasteiger partial charge in [0.1, 0.15) is 5.75 Å². The van der Waals surface area contributed by atoms with Crippen LogP contribution in [-0.4, -0.2) is 11.7 Å². The summed E-state index contributed by atoms with van der Waals surface area (Å²) >= 11 is 6.86. The summed E-state index contributed by atoms with van der Waals surface area (Å²) in [5, 5.41) is 13.4. The zero-order valence-corrected chi connectivity index (χ0v) is 11.4. The standard InChI is InChI=1S/C11H13Br2NO/c12-7-5-8(13)11(10(15)6-7)9-3-1-2-4-14-9/h5-6,9,14-15H,1-4H2/t9-/m0/s1. The normalized spacial score (nSPS) is 21.6. The van der Waals surface area contributed by atoms with Crippen molar-refractivity contribution in [2.24, 2.45) is 0 Å². The molecular weight excluding hydrogens is 322 g/mol. The molecule has 0 spiro atoms. The summed E-state index contributed by atoms with van der Waals surface area (Å²) in [6.07, 6.45) is 3.54. The maximum absolute atomic E-state index is 9.92. The lowest BCUT2D eigenvalue weighted by Gasteiger charge is -2.25. The highest BCUT2D eigenvalue weighted by Crippen LogP contribution is 2.37. The van der Waals surface area contributed by atoms with Crippen molar-refractivity contribution in [1.82, 2.24) is 5.32 Å². The van der Waals surface area contributed by atoms with E-state index in [1.807, 2.05) is 6.07 Å². The van der Waals surface area contributed by atoms with Crippen LogP contribution in [0.4, 0.5) is 0 Å². The van der Waals surface area contributed by atoms with E-state index in [4.69, 9.17) is 0 Å². The molecule has 82 valence electrons. The molecule has 1 aromatic carbocycles. The Morgan fingerprint density at radius 3 is 2.67 bits per heavy atom. The fourth-order valence-corrected chi connectivity index (χ4v) is 3.49. The molecule has 2 N–H and O–H groups in total. The summed E-state index contributed by atoms with van der Waals surface area (Å²) in [5.41, 5.74) is 0.984. The second-order valence-electron chi connectivity index (χ2n) is 3.82. The Hall–Kier alpha value is -0.0600. The molecule has 0 bridgehead atoms. The van der Waals surface area contributed by atoms with E-state index in [1.54, 1.807) is 6.07 Å². The first-order valence-electron chi connectivity index (χ1n) is 5.10. The first kappa shape index (κ1) is 11.4. The van der Waals surface area contributed by atoms with E-state index < -0.39 is 0 Å². The van der Waals surface area contributed by atoms with Crippen LogP contribution >= 0.6 is 31.9 Å². The zero-order valence-electron chi connectivity index (χ0n) is 8.26. The Labute approximate surface area is 106 Å². The Balaban J connectivity index is 2.33. The van der Waals surface area contributed by atoms with Gasteiger partial charge in [0.15, 0.2) is 0 Å². The van der Waals surface area contributed by atoms with Gasteiger partial charge in [-0.2, -0.15) is 0 Å². The van der Waals surface area contributed by atoms with Gasteiger partial charge >= 0.3 is 0 Å². The number of nitrogens with one attached hydrogen (secondary N) is 1. The van der Waals surface area contributed by atoms with Gasteiger partial charge in [0.05, 0.1) is 0 Å². The minimum absolute atomic E-state index is 0.279. The smallest absolute Gasteiger partial charge is 0.122 e. The molecule has 0 saturated carbocycles. The van der Waals surface area contributed by atoms with Crippen LogP contribution in [0, 0.1) is 0 Å². The van der Waals surface area contributed by atoms with E-state index in [2.05, 4.69) is 37.2 Å². The van der Waals surface area contributed by atoms with Gasteiger partial charge in [0.2, 0.25) is 0 Å². The number of rotatable bonds is 1. The minimum Gasteiger partial charge on any atom is -0.508 e. The largest absolute Gasteiger partial charge is 0.508 e. The van der Waals surface area contributed by atoms with Crippen LogP contribution in [0.25, 0.3) is 0 Å². The monoisotopic (exact) mass is 333 g/mol. The van der Waals surface area contributed by atoms with E-state index in [0.29, 0.717) is 5.75 Å². The van der Waals surface area contributed by atoms with Crippen molar-refractivity contribution in [3.05, 3.63) is 26.6 Å². The van der Waals surface area contributed by atoms with Crippen LogP contribution in [0.15, 0.2) is 21.1 Å². The lowest BCUT2D eigenvalue weighted by molar-refractivity contribution is 0.389. The molecule has 0 radical (unpaired) electrons. The molecule has 1 aliphatic heterocycles. The third-order valence-corrected chi connectivity index (χ3v) is 3.85. The van der Waals surface area contributed by atoms with Crippen LogP contribution < -0.4 is 5.32 Å². The third kappa shape index (κ3) is 2.55. The number of phenolic OH excluding ortho intramolecular Hbond substituents is 1. The van der Waals surface area contributed by atoms with Crippen LogP contribution in [0.1, 0.15) is 30.9 Å². The van der Waals surface area contributed by atoms with Crippen molar-refractivity contribution in [2.75, 3.05) is 6.54 Å². The van der Waals surface area contributed by atoms with Gasteiger partial charge in [-0.1, -0.05) is 38.3 Å². The third-order valence-electron chi connectivity index (χ3n) is 2.73. The number of phenols is 1. The molecule has 1 saturated heterocycles. The SMILES string of the molecule is Oc1cc(Br)cc(Br)c1[C@@H]1CCCCN1. The maximum atomic E-state index is 9.92. The summed E-state index contributed by atoms with van der Waals surface area (Å²) in [6, 6.07) is 4.00. The summed E-state index contributed by atoms with van der Waals surface area (Å²) in [6.45, 7) is 1.03. The Kier molecular flexibility index (Phi) is 3.69. The van der Waals surface area contributed by atoms with Gasteiger partial charge in [-0.05, 0) is 31.5 Å². The van der Waals surface area contributed by atoms with E-state index in [-0.39, 0.29) is 6.04 Å². The molecule has 2 nitrogen and oxygen atoms in total. The highest BCUT2D eigenvalue weighted by Gasteiger charge is 2.20. The second-order valence-corrected chi connectivity index (χ2v) is 5.59. The highest BCUT2D eigenvalue weighted by atomic mass is 79.9. The van der Waals surface area contributed by atoms with Crippen molar-refractivity contribution in [1.29, 1.82) is 0 Å². The first-order chi connectivity index (χ1) is 7.18. The molecule has 1 aromatic rings. The van der Waals surface area contributed by atoms with Gasteiger partial charge in [0, 0.05) is 20.6 Å². The fraction of sp³-hybridized carbons (Fsp3) is 0.455. The molecule has 1 heterocycles. The quantitative estimate of drug-likeness (QED) is 0.820. The first-order valence-corrected chi connectivity index (χ1v) is 6.68. The van der Waals surface area contributed by atoms with Crippen molar-refractivity contribution in [2.45, 2.75) is 25.3 Å². The maximum Gasteiger partial charge on any atom is 0.122 e. The lowest BCUT2D eigenvalue weighted by atomic mass is 9.97. The van der Waals surface area contributed by atoms with Crippen molar-refractivity contribution in [3.8, 4) is 5.75 Å². The average molecular weight is 335 g/mol. The van der Waals surface area contributed by atoms with Crippen molar-refractivity contribution < 1.29 is 5.11 Å². The van der Waals surface area contributed by atoms with Gasteiger partial charge in [-0.3, -0.25) is 0 Å². The average Bonchev–Trinajstić information content (AvgIpc) is 2.17. The number of aromatic hydroxyl groups is 1. The number of hydrogen-bond acceptors (Lipinski definition) is 2. The number of piperidine rings is 1. The molecule has 15 heavy (non-hydrogen) atoms. The molecule has 0 unspecified atom stereocenters.